The SMILES string of the molecule is Cn1cnnc1C1CCCN1Cc1c(F)cccc1OC(F)(F)F. The number of hydrogen-bond acceptors (Lipinski definition) is 4. The minimum atomic E-state index is -4.86. The summed E-state index contributed by atoms with van der Waals surface area (Å²) in [5.41, 5.74) is -0.108. The Bertz CT molecular complexity index is 716. The first-order valence-corrected chi connectivity index (χ1v) is 7.46. The third-order valence-corrected chi connectivity index (χ3v) is 4.07. The van der Waals surface area contributed by atoms with Gasteiger partial charge in [-0.05, 0) is 31.5 Å². The highest BCUT2D eigenvalue weighted by Gasteiger charge is 2.34. The molecule has 1 aromatic heterocycles. The number of benzene rings is 1. The van der Waals surface area contributed by atoms with Crippen molar-refractivity contribution in [3.63, 3.8) is 0 Å². The Balaban J connectivity index is 1.86. The zero-order valence-corrected chi connectivity index (χ0v) is 12.9. The van der Waals surface area contributed by atoms with Gasteiger partial charge in [-0.2, -0.15) is 0 Å². The molecule has 1 unspecified atom stereocenters. The molecule has 24 heavy (non-hydrogen) atoms. The molecule has 9 heteroatoms. The summed E-state index contributed by atoms with van der Waals surface area (Å²) in [4.78, 5) is 1.89. The van der Waals surface area contributed by atoms with Gasteiger partial charge in [0.2, 0.25) is 0 Å². The Morgan fingerprint density at radius 1 is 1.33 bits per heavy atom. The summed E-state index contributed by atoms with van der Waals surface area (Å²) in [6, 6.07) is 3.34. The fraction of sp³-hybridized carbons (Fsp3) is 0.467. The molecule has 0 saturated carbocycles. The van der Waals surface area contributed by atoms with E-state index >= 15 is 0 Å². The first-order valence-electron chi connectivity index (χ1n) is 7.46. The van der Waals surface area contributed by atoms with E-state index in [4.69, 9.17) is 0 Å². The molecule has 1 atom stereocenters. The molecule has 1 aromatic carbocycles. The van der Waals surface area contributed by atoms with Crippen LogP contribution in [0.25, 0.3) is 0 Å². The third kappa shape index (κ3) is 3.50. The monoisotopic (exact) mass is 344 g/mol. The second-order valence-electron chi connectivity index (χ2n) is 5.69. The predicted molar refractivity (Wildman–Crippen MR) is 76.5 cm³/mol. The van der Waals surface area contributed by atoms with Crippen molar-refractivity contribution in [2.45, 2.75) is 31.8 Å². The van der Waals surface area contributed by atoms with E-state index < -0.39 is 17.9 Å². The van der Waals surface area contributed by atoms with Crippen molar-refractivity contribution in [2.24, 2.45) is 7.05 Å². The quantitative estimate of drug-likeness (QED) is 0.799. The van der Waals surface area contributed by atoms with Crippen LogP contribution in [0.4, 0.5) is 17.6 Å². The minimum Gasteiger partial charge on any atom is -0.405 e. The molecule has 1 aliphatic heterocycles. The summed E-state index contributed by atoms with van der Waals surface area (Å²) in [6.07, 6.45) is -1.67. The van der Waals surface area contributed by atoms with Gasteiger partial charge in [0.05, 0.1) is 6.04 Å². The summed E-state index contributed by atoms with van der Waals surface area (Å²) in [6.45, 7) is 0.646. The Kier molecular flexibility index (Phi) is 4.44. The van der Waals surface area contributed by atoms with Crippen molar-refractivity contribution in [3.8, 4) is 5.75 Å². The Morgan fingerprint density at radius 2 is 2.12 bits per heavy atom. The first kappa shape index (κ1) is 16.7. The number of aromatic nitrogens is 3. The number of nitrogens with zero attached hydrogens (tertiary/aromatic N) is 4. The lowest BCUT2D eigenvalue weighted by Crippen LogP contribution is -2.26. The molecular weight excluding hydrogens is 328 g/mol. The zero-order chi connectivity index (χ0) is 17.3. The average molecular weight is 344 g/mol. The Labute approximate surface area is 135 Å². The van der Waals surface area contributed by atoms with Crippen LogP contribution < -0.4 is 4.74 Å². The number of alkyl halides is 3. The van der Waals surface area contributed by atoms with Crippen molar-refractivity contribution >= 4 is 0 Å². The lowest BCUT2D eigenvalue weighted by atomic mass is 10.1. The van der Waals surface area contributed by atoms with Gasteiger partial charge >= 0.3 is 6.36 Å². The van der Waals surface area contributed by atoms with Gasteiger partial charge in [-0.15, -0.1) is 23.4 Å². The van der Waals surface area contributed by atoms with Gasteiger partial charge in [0.1, 0.15) is 23.7 Å². The fourth-order valence-electron chi connectivity index (χ4n) is 3.02. The molecule has 2 heterocycles. The van der Waals surface area contributed by atoms with E-state index in [0.29, 0.717) is 12.4 Å². The summed E-state index contributed by atoms with van der Waals surface area (Å²) in [7, 11) is 1.80. The third-order valence-electron chi connectivity index (χ3n) is 4.07. The zero-order valence-electron chi connectivity index (χ0n) is 12.9. The van der Waals surface area contributed by atoms with E-state index in [1.807, 2.05) is 4.90 Å². The van der Waals surface area contributed by atoms with Gasteiger partial charge in [-0.3, -0.25) is 4.90 Å². The van der Waals surface area contributed by atoms with Crippen LogP contribution in [0.5, 0.6) is 5.75 Å². The molecule has 130 valence electrons. The minimum absolute atomic E-state index is 0.00954. The molecule has 0 bridgehead atoms. The van der Waals surface area contributed by atoms with E-state index in [-0.39, 0.29) is 18.2 Å². The molecular formula is C15H16F4N4O. The topological polar surface area (TPSA) is 43.2 Å². The number of aryl methyl sites for hydroxylation is 1. The van der Waals surface area contributed by atoms with Gasteiger partial charge in [0.25, 0.3) is 0 Å². The molecule has 0 spiro atoms. The summed E-state index contributed by atoms with van der Waals surface area (Å²) >= 11 is 0. The average Bonchev–Trinajstić information content (AvgIpc) is 3.09. The highest BCUT2D eigenvalue weighted by atomic mass is 19.4. The van der Waals surface area contributed by atoms with Crippen molar-refractivity contribution in [2.75, 3.05) is 6.54 Å². The second-order valence-corrected chi connectivity index (χ2v) is 5.69. The van der Waals surface area contributed by atoms with Crippen LogP contribution in [0, 0.1) is 5.82 Å². The molecule has 2 aromatic rings. The van der Waals surface area contributed by atoms with E-state index in [1.165, 1.54) is 6.07 Å². The van der Waals surface area contributed by atoms with E-state index in [2.05, 4.69) is 14.9 Å². The molecule has 5 nitrogen and oxygen atoms in total. The normalized spacial score (nSPS) is 19.0. The molecule has 1 aliphatic rings. The van der Waals surface area contributed by atoms with E-state index in [9.17, 15) is 17.6 Å². The summed E-state index contributed by atoms with van der Waals surface area (Å²) in [5.74, 6) is -0.520. The molecule has 0 N–H and O–H groups in total. The molecule has 1 saturated heterocycles. The number of hydrogen-bond donors (Lipinski definition) is 0. The second kappa shape index (κ2) is 6.39. The first-order chi connectivity index (χ1) is 11.3. The van der Waals surface area contributed by atoms with Crippen LogP contribution in [0.3, 0.4) is 0 Å². The molecule has 0 aliphatic carbocycles. The highest BCUT2D eigenvalue weighted by Crippen LogP contribution is 2.35. The van der Waals surface area contributed by atoms with Gasteiger partial charge in [-0.1, -0.05) is 6.07 Å². The fourth-order valence-corrected chi connectivity index (χ4v) is 3.02. The van der Waals surface area contributed by atoms with Crippen molar-refractivity contribution in [3.05, 3.63) is 41.7 Å². The van der Waals surface area contributed by atoms with E-state index in [1.54, 1.807) is 17.9 Å². The van der Waals surface area contributed by atoms with Gasteiger partial charge in [0, 0.05) is 19.2 Å². The largest absolute Gasteiger partial charge is 0.573 e. The summed E-state index contributed by atoms with van der Waals surface area (Å²) in [5, 5.41) is 7.89. The lowest BCUT2D eigenvalue weighted by molar-refractivity contribution is -0.275. The number of ether oxygens (including phenoxy) is 1. The van der Waals surface area contributed by atoms with Crippen LogP contribution >= 0.6 is 0 Å². The number of halogens is 4. The number of rotatable bonds is 4. The Morgan fingerprint density at radius 3 is 2.79 bits per heavy atom. The highest BCUT2D eigenvalue weighted by molar-refractivity contribution is 5.35. The van der Waals surface area contributed by atoms with Crippen LogP contribution in [-0.4, -0.2) is 32.6 Å². The van der Waals surface area contributed by atoms with Crippen LogP contribution in [-0.2, 0) is 13.6 Å². The molecule has 0 radical (unpaired) electrons. The van der Waals surface area contributed by atoms with Gasteiger partial charge in [-0.25, -0.2) is 4.39 Å². The maximum absolute atomic E-state index is 14.1. The molecule has 1 fully saturated rings. The smallest absolute Gasteiger partial charge is 0.405 e. The maximum atomic E-state index is 14.1. The molecule has 0 amide bonds. The van der Waals surface area contributed by atoms with Gasteiger partial charge in [0.15, 0.2) is 0 Å². The van der Waals surface area contributed by atoms with Crippen molar-refractivity contribution < 1.29 is 22.3 Å². The maximum Gasteiger partial charge on any atom is 0.573 e. The standard InChI is InChI=1S/C15H16F4N4O/c1-22-9-20-21-14(22)12-5-3-7-23(12)8-10-11(16)4-2-6-13(10)24-15(17,18)19/h2,4,6,9,12H,3,5,7-8H2,1H3. The van der Waals surface area contributed by atoms with Crippen molar-refractivity contribution in [1.82, 2.24) is 19.7 Å². The number of likely N-dealkylation sites (tertiary alicyclic amines) is 1. The lowest BCUT2D eigenvalue weighted by Gasteiger charge is -2.25. The molecule has 3 rings (SSSR count). The summed E-state index contributed by atoms with van der Waals surface area (Å²) < 4.78 is 57.5. The van der Waals surface area contributed by atoms with Crippen molar-refractivity contribution in [1.29, 1.82) is 0 Å². The predicted octanol–water partition coefficient (Wildman–Crippen LogP) is 3.19. The van der Waals surface area contributed by atoms with Gasteiger partial charge < -0.3 is 9.30 Å². The van der Waals surface area contributed by atoms with Crippen LogP contribution in [0.2, 0.25) is 0 Å². The Hall–Kier alpha value is -2.16. The van der Waals surface area contributed by atoms with Crippen LogP contribution in [0.15, 0.2) is 24.5 Å². The van der Waals surface area contributed by atoms with E-state index in [0.717, 1.165) is 25.0 Å². The van der Waals surface area contributed by atoms with Crippen LogP contribution in [0.1, 0.15) is 30.3 Å².